The topological polar surface area (TPSA) is 150 Å². The monoisotopic (exact) mass is 706 g/mol. The van der Waals surface area contributed by atoms with Gasteiger partial charge in [0.05, 0.1) is 24.2 Å². The van der Waals surface area contributed by atoms with E-state index >= 15 is 8.78 Å². The first-order valence-electron chi connectivity index (χ1n) is 15.6. The third kappa shape index (κ3) is 7.91. The largest absolute Gasteiger partial charge is 0.484 e. The second-order valence-corrected chi connectivity index (χ2v) is 12.3. The van der Waals surface area contributed by atoms with Gasteiger partial charge in [-0.05, 0) is 73.6 Å². The molecular weight excluding hydrogens is 670 g/mol. The van der Waals surface area contributed by atoms with E-state index < -0.39 is 35.3 Å². The Morgan fingerprint density at radius 1 is 0.980 bits per heavy atom. The number of nitrogens with two attached hydrogens (primary N) is 1. The smallest absolute Gasteiger partial charge is 0.337 e. The van der Waals surface area contributed by atoms with E-state index in [9.17, 15) is 19.2 Å². The zero-order chi connectivity index (χ0) is 35.9. The number of urea groups is 1. The van der Waals surface area contributed by atoms with Gasteiger partial charge in [0, 0.05) is 42.9 Å². The number of hydrogen-bond acceptors (Lipinski definition) is 8. The van der Waals surface area contributed by atoms with Crippen LogP contribution in [-0.4, -0.2) is 66.4 Å². The van der Waals surface area contributed by atoms with Crippen LogP contribution in [0.1, 0.15) is 18.1 Å². The Bertz CT molecular complexity index is 2110. The van der Waals surface area contributed by atoms with Gasteiger partial charge in [-0.1, -0.05) is 18.2 Å². The minimum Gasteiger partial charge on any atom is -0.484 e. The van der Waals surface area contributed by atoms with Gasteiger partial charge < -0.3 is 25.8 Å². The van der Waals surface area contributed by atoms with E-state index in [1.165, 1.54) is 34.9 Å². The molecule has 262 valence electrons. The third-order valence-corrected chi connectivity index (χ3v) is 9.08. The van der Waals surface area contributed by atoms with Gasteiger partial charge in [-0.25, -0.2) is 22.9 Å². The molecule has 5 aromatic rings. The van der Waals surface area contributed by atoms with Crippen LogP contribution >= 0.6 is 11.3 Å². The molecule has 0 aliphatic carbocycles. The van der Waals surface area contributed by atoms with Crippen molar-refractivity contribution in [1.82, 2.24) is 19.4 Å². The van der Waals surface area contributed by atoms with Crippen molar-refractivity contribution in [3.63, 3.8) is 0 Å². The van der Waals surface area contributed by atoms with Crippen molar-refractivity contribution < 1.29 is 27.8 Å². The molecule has 50 heavy (non-hydrogen) atoms. The lowest BCUT2D eigenvalue weighted by Crippen LogP contribution is -2.39. The van der Waals surface area contributed by atoms with Crippen LogP contribution in [0.25, 0.3) is 26.3 Å². The van der Waals surface area contributed by atoms with Crippen molar-refractivity contribution in [2.24, 2.45) is 5.73 Å². The van der Waals surface area contributed by atoms with Gasteiger partial charge in [-0.2, -0.15) is 0 Å². The molecule has 15 heteroatoms. The number of methoxy groups -OCH3 is 1. The first-order valence-corrected chi connectivity index (χ1v) is 16.4. The van der Waals surface area contributed by atoms with Crippen LogP contribution in [0.15, 0.2) is 76.3 Å². The number of primary amides is 1. The molecule has 2 heterocycles. The number of halogens is 2. The minimum absolute atomic E-state index is 0.170. The van der Waals surface area contributed by atoms with Gasteiger partial charge in [0.15, 0.2) is 6.61 Å². The molecule has 5 rings (SSSR count). The molecule has 2 aromatic heterocycles. The predicted molar refractivity (Wildman–Crippen MR) is 188 cm³/mol. The average molecular weight is 707 g/mol. The Morgan fingerprint density at radius 2 is 1.66 bits per heavy atom. The SMILES string of the molecule is CCNC(=O)Nc1ccc(-c2sc3c(c2CN(C)CCOC)c(=O)n(-c2ccc(OCC(N)=O)cc2)c(=O)n3Cc2c(F)cccc2F)cc1. The fraction of sp³-hybridized carbons (Fsp3) is 0.257. The number of nitrogens with zero attached hydrogens (tertiary/aromatic N) is 3. The highest BCUT2D eigenvalue weighted by Crippen LogP contribution is 2.38. The van der Waals surface area contributed by atoms with Gasteiger partial charge in [0.1, 0.15) is 22.2 Å². The molecule has 0 aliphatic rings. The second-order valence-electron chi connectivity index (χ2n) is 11.3. The van der Waals surface area contributed by atoms with Gasteiger partial charge in [-0.15, -0.1) is 11.3 Å². The summed E-state index contributed by atoms with van der Waals surface area (Å²) in [4.78, 5) is 54.9. The molecule has 12 nitrogen and oxygen atoms in total. The number of anilines is 1. The number of rotatable bonds is 14. The lowest BCUT2D eigenvalue weighted by molar-refractivity contribution is -0.119. The molecular formula is C35H36F2N6O6S. The third-order valence-electron chi connectivity index (χ3n) is 7.77. The zero-order valence-electron chi connectivity index (χ0n) is 27.6. The van der Waals surface area contributed by atoms with E-state index in [1.807, 2.05) is 11.9 Å². The highest BCUT2D eigenvalue weighted by Gasteiger charge is 2.26. The van der Waals surface area contributed by atoms with Gasteiger partial charge >= 0.3 is 11.7 Å². The van der Waals surface area contributed by atoms with Crippen LogP contribution in [0.5, 0.6) is 5.75 Å². The number of nitrogens with one attached hydrogen (secondary N) is 2. The van der Waals surface area contributed by atoms with E-state index in [1.54, 1.807) is 38.3 Å². The lowest BCUT2D eigenvalue weighted by Gasteiger charge is -2.18. The molecule has 0 unspecified atom stereocenters. The van der Waals surface area contributed by atoms with Crippen molar-refractivity contribution in [2.45, 2.75) is 20.0 Å². The predicted octanol–water partition coefficient (Wildman–Crippen LogP) is 4.29. The van der Waals surface area contributed by atoms with Crippen molar-refractivity contribution in [3.05, 3.63) is 110 Å². The van der Waals surface area contributed by atoms with Crippen LogP contribution in [-0.2, 0) is 22.6 Å². The highest BCUT2D eigenvalue weighted by atomic mass is 32.1. The number of likely N-dealkylation sites (N-methyl/N-ethyl adjacent to an activating group) is 1. The van der Waals surface area contributed by atoms with E-state index in [4.69, 9.17) is 15.2 Å². The van der Waals surface area contributed by atoms with Crippen LogP contribution < -0.4 is 32.4 Å². The average Bonchev–Trinajstić information content (AvgIpc) is 3.45. The number of aromatic nitrogens is 2. The maximum Gasteiger partial charge on any atom is 0.337 e. The fourth-order valence-electron chi connectivity index (χ4n) is 5.34. The van der Waals surface area contributed by atoms with Crippen molar-refractivity contribution >= 4 is 39.2 Å². The summed E-state index contributed by atoms with van der Waals surface area (Å²) in [6, 6.07) is 16.0. The number of fused-ring (bicyclic) bond motifs is 1. The summed E-state index contributed by atoms with van der Waals surface area (Å²) in [6.07, 6.45) is 0. The number of benzene rings is 3. The number of ether oxygens (including phenoxy) is 2. The number of amides is 3. The Balaban J connectivity index is 1.76. The molecule has 0 atom stereocenters. The van der Waals surface area contributed by atoms with Crippen LogP contribution in [0.4, 0.5) is 19.3 Å². The molecule has 4 N–H and O–H groups in total. The standard InChI is InChI=1S/C35H36F2N6O6S/c1-4-39-34(46)40-22-10-8-21(9-11-22)31-26(18-41(2)16-17-48-3)30-32(45)43(23-12-14-24(15-13-23)49-20-29(38)44)35(47)42(33(30)50-31)19-25-27(36)6-5-7-28(25)37/h5-15H,4,16-20H2,1-3H3,(H2,38,44)(H2,39,40,46). The number of carbonyl (C=O) groups excluding carboxylic acids is 2. The van der Waals surface area contributed by atoms with E-state index in [0.717, 1.165) is 28.0 Å². The molecule has 0 spiro atoms. The van der Waals surface area contributed by atoms with Crippen LogP contribution in [0.3, 0.4) is 0 Å². The summed E-state index contributed by atoms with van der Waals surface area (Å²) >= 11 is 1.16. The van der Waals surface area contributed by atoms with Gasteiger partial charge in [0.2, 0.25) is 0 Å². The van der Waals surface area contributed by atoms with Crippen molar-refractivity contribution in [2.75, 3.05) is 45.8 Å². The van der Waals surface area contributed by atoms with Crippen LogP contribution in [0.2, 0.25) is 0 Å². The van der Waals surface area contributed by atoms with E-state index in [0.29, 0.717) is 41.4 Å². The maximum atomic E-state index is 15.0. The second kappa shape index (κ2) is 15.9. The maximum absolute atomic E-state index is 15.0. The summed E-state index contributed by atoms with van der Waals surface area (Å²) in [5.74, 6) is -2.09. The van der Waals surface area contributed by atoms with E-state index in [2.05, 4.69) is 10.6 Å². The molecule has 0 aliphatic heterocycles. The fourth-order valence-corrected chi connectivity index (χ4v) is 6.65. The first-order chi connectivity index (χ1) is 24.0. The van der Waals surface area contributed by atoms with Gasteiger partial charge in [-0.3, -0.25) is 19.1 Å². The normalized spacial score (nSPS) is 11.2. The highest BCUT2D eigenvalue weighted by molar-refractivity contribution is 7.22. The summed E-state index contributed by atoms with van der Waals surface area (Å²) < 4.78 is 42.8. The Hall–Kier alpha value is -5.38. The first kappa shape index (κ1) is 35.9. The molecule has 0 bridgehead atoms. The van der Waals surface area contributed by atoms with Crippen LogP contribution in [0, 0.1) is 11.6 Å². The molecule has 3 aromatic carbocycles. The zero-order valence-corrected chi connectivity index (χ0v) is 28.4. The van der Waals surface area contributed by atoms with Gasteiger partial charge in [0.25, 0.3) is 11.5 Å². The van der Waals surface area contributed by atoms with Crippen molar-refractivity contribution in [1.29, 1.82) is 0 Å². The number of thiophene rings is 1. The number of carbonyl (C=O) groups is 2. The molecule has 0 saturated heterocycles. The summed E-state index contributed by atoms with van der Waals surface area (Å²) in [7, 11) is 3.44. The number of hydrogen-bond donors (Lipinski definition) is 3. The Labute approximate surface area is 289 Å². The summed E-state index contributed by atoms with van der Waals surface area (Å²) in [5, 5.41) is 5.62. The Morgan fingerprint density at radius 3 is 2.28 bits per heavy atom. The Kier molecular flexibility index (Phi) is 11.4. The molecule has 0 fully saturated rings. The minimum atomic E-state index is -0.842. The van der Waals surface area contributed by atoms with Crippen molar-refractivity contribution in [3.8, 4) is 21.9 Å². The molecule has 0 radical (unpaired) electrons. The summed E-state index contributed by atoms with van der Waals surface area (Å²) in [6.45, 7) is 2.59. The summed E-state index contributed by atoms with van der Waals surface area (Å²) in [5.41, 5.74) is 5.39. The van der Waals surface area contributed by atoms with E-state index in [-0.39, 0.29) is 46.4 Å². The quantitative estimate of drug-likeness (QED) is 0.156. The molecule has 3 amide bonds. The lowest BCUT2D eigenvalue weighted by atomic mass is 10.1. The molecule has 0 saturated carbocycles.